The van der Waals surface area contributed by atoms with Crippen LogP contribution in [0, 0.1) is 5.92 Å². The second-order valence-corrected chi connectivity index (χ2v) is 9.22. The summed E-state index contributed by atoms with van der Waals surface area (Å²) in [5.74, 6) is 0.306. The summed E-state index contributed by atoms with van der Waals surface area (Å²) in [5.41, 5.74) is 1.25. The van der Waals surface area contributed by atoms with E-state index in [-0.39, 0.29) is 23.8 Å². The number of amides is 1. The number of benzene rings is 1. The number of anilines is 1. The molecule has 1 heterocycles. The van der Waals surface area contributed by atoms with E-state index >= 15 is 0 Å². The molecule has 0 aliphatic carbocycles. The Balaban J connectivity index is 1.89. The number of rotatable bonds is 8. The molecule has 0 atom stereocenters. The van der Waals surface area contributed by atoms with Gasteiger partial charge in [0.2, 0.25) is 5.91 Å². The molecule has 1 aromatic heterocycles. The van der Waals surface area contributed by atoms with Crippen LogP contribution in [-0.4, -0.2) is 25.1 Å². The molecule has 0 fully saturated rings. The molecular formula is C17H22N2O3S2. The van der Waals surface area contributed by atoms with E-state index in [4.69, 9.17) is 0 Å². The smallest absolute Gasteiger partial charge is 0.231 e. The number of carbonyl (C=O) groups is 1. The quantitative estimate of drug-likeness (QED) is 0.778. The van der Waals surface area contributed by atoms with Crippen molar-refractivity contribution in [1.29, 1.82) is 0 Å². The number of thiazole rings is 1. The largest absolute Gasteiger partial charge is 0.326 e. The van der Waals surface area contributed by atoms with E-state index in [0.717, 1.165) is 5.69 Å². The molecule has 0 aliphatic heterocycles. The molecule has 0 unspecified atom stereocenters. The van der Waals surface area contributed by atoms with Crippen molar-refractivity contribution in [2.45, 2.75) is 32.4 Å². The van der Waals surface area contributed by atoms with Gasteiger partial charge in [0.25, 0.3) is 0 Å². The van der Waals surface area contributed by atoms with Crippen LogP contribution in [-0.2, 0) is 26.8 Å². The number of aromatic nitrogens is 1. The molecule has 0 bridgehead atoms. The van der Waals surface area contributed by atoms with Crippen LogP contribution in [0.1, 0.15) is 31.0 Å². The number of sulfone groups is 1. The van der Waals surface area contributed by atoms with Gasteiger partial charge in [-0.2, -0.15) is 0 Å². The highest BCUT2D eigenvalue weighted by molar-refractivity contribution is 7.90. The summed E-state index contributed by atoms with van der Waals surface area (Å²) < 4.78 is 24.1. The van der Waals surface area contributed by atoms with E-state index in [1.54, 1.807) is 5.38 Å². The van der Waals surface area contributed by atoms with Gasteiger partial charge in [-0.1, -0.05) is 32.0 Å². The minimum absolute atomic E-state index is 0.0590. The molecule has 7 heteroatoms. The van der Waals surface area contributed by atoms with E-state index in [9.17, 15) is 13.2 Å². The first-order valence-corrected chi connectivity index (χ1v) is 10.5. The molecule has 0 saturated heterocycles. The Morgan fingerprint density at radius 1 is 1.25 bits per heavy atom. The van der Waals surface area contributed by atoms with Crippen LogP contribution in [0.15, 0.2) is 35.7 Å². The Labute approximate surface area is 147 Å². The Morgan fingerprint density at radius 3 is 2.62 bits per heavy atom. The third kappa shape index (κ3) is 6.41. The van der Waals surface area contributed by atoms with Crippen LogP contribution in [0.2, 0.25) is 0 Å². The van der Waals surface area contributed by atoms with E-state index in [2.05, 4.69) is 10.3 Å². The molecule has 0 spiro atoms. The van der Waals surface area contributed by atoms with Gasteiger partial charge < -0.3 is 5.32 Å². The molecule has 0 radical (unpaired) electrons. The Kier molecular flexibility index (Phi) is 6.51. The summed E-state index contributed by atoms with van der Waals surface area (Å²) in [4.78, 5) is 16.3. The summed E-state index contributed by atoms with van der Waals surface area (Å²) in [6.45, 7) is 4.00. The van der Waals surface area contributed by atoms with Crippen LogP contribution in [0.25, 0.3) is 0 Å². The maximum absolute atomic E-state index is 12.1. The van der Waals surface area contributed by atoms with Crippen molar-refractivity contribution in [2.75, 3.05) is 11.1 Å². The third-order valence-electron chi connectivity index (χ3n) is 3.34. The summed E-state index contributed by atoms with van der Waals surface area (Å²) >= 11 is 1.32. The molecule has 0 aliphatic rings. The lowest BCUT2D eigenvalue weighted by atomic mass is 10.2. The lowest BCUT2D eigenvalue weighted by molar-refractivity contribution is -0.115. The summed E-state index contributed by atoms with van der Waals surface area (Å²) in [7, 11) is -3.15. The highest BCUT2D eigenvalue weighted by Crippen LogP contribution is 2.16. The number of hydrogen-bond acceptors (Lipinski definition) is 5. The van der Waals surface area contributed by atoms with Crippen molar-refractivity contribution in [3.8, 4) is 0 Å². The van der Waals surface area contributed by atoms with Gasteiger partial charge in [0.15, 0.2) is 9.84 Å². The van der Waals surface area contributed by atoms with Gasteiger partial charge >= 0.3 is 0 Å². The SMILES string of the molecule is CC(C)CCS(=O)(=O)Cc1csc(CC(=O)Nc2ccccc2)n1. The molecule has 2 rings (SSSR count). The number of nitrogens with zero attached hydrogens (tertiary/aromatic N) is 1. The van der Waals surface area contributed by atoms with Crippen molar-refractivity contribution >= 4 is 32.8 Å². The minimum Gasteiger partial charge on any atom is -0.326 e. The first kappa shape index (κ1) is 18.6. The fourth-order valence-electron chi connectivity index (χ4n) is 2.07. The molecule has 1 N–H and O–H groups in total. The van der Waals surface area contributed by atoms with Gasteiger partial charge in [0.1, 0.15) is 5.01 Å². The lowest BCUT2D eigenvalue weighted by Gasteiger charge is -2.05. The lowest BCUT2D eigenvalue weighted by Crippen LogP contribution is -2.14. The summed E-state index contributed by atoms with van der Waals surface area (Å²) in [5, 5.41) is 5.13. The highest BCUT2D eigenvalue weighted by atomic mass is 32.2. The van der Waals surface area contributed by atoms with E-state index < -0.39 is 9.84 Å². The first-order chi connectivity index (χ1) is 11.3. The molecule has 1 amide bonds. The van der Waals surface area contributed by atoms with Crippen molar-refractivity contribution < 1.29 is 13.2 Å². The van der Waals surface area contributed by atoms with Crippen molar-refractivity contribution in [2.24, 2.45) is 5.92 Å². The number of hydrogen-bond donors (Lipinski definition) is 1. The van der Waals surface area contributed by atoms with Gasteiger partial charge in [-0.05, 0) is 24.5 Å². The summed E-state index contributed by atoms with van der Waals surface area (Å²) in [6, 6.07) is 9.19. The molecule has 2 aromatic rings. The zero-order valence-electron chi connectivity index (χ0n) is 13.9. The second-order valence-electron chi connectivity index (χ2n) is 6.10. The van der Waals surface area contributed by atoms with E-state index in [0.29, 0.717) is 23.0 Å². The van der Waals surface area contributed by atoms with Gasteiger partial charge in [-0.3, -0.25) is 4.79 Å². The predicted octanol–water partition coefficient (Wildman–Crippen LogP) is 3.29. The van der Waals surface area contributed by atoms with E-state index in [1.165, 1.54) is 11.3 Å². The van der Waals surface area contributed by atoms with Crippen LogP contribution < -0.4 is 5.32 Å². The predicted molar refractivity (Wildman–Crippen MR) is 97.8 cm³/mol. The zero-order chi connectivity index (χ0) is 17.6. The highest BCUT2D eigenvalue weighted by Gasteiger charge is 2.16. The van der Waals surface area contributed by atoms with Gasteiger partial charge in [0, 0.05) is 11.1 Å². The fraction of sp³-hybridized carbons (Fsp3) is 0.412. The minimum atomic E-state index is -3.15. The fourth-order valence-corrected chi connectivity index (χ4v) is 4.54. The number of para-hydroxylation sites is 1. The molecule has 130 valence electrons. The molecule has 5 nitrogen and oxygen atoms in total. The average Bonchev–Trinajstić information content (AvgIpc) is 2.92. The molecule has 24 heavy (non-hydrogen) atoms. The van der Waals surface area contributed by atoms with Gasteiger partial charge in [-0.25, -0.2) is 13.4 Å². The maximum Gasteiger partial charge on any atom is 0.231 e. The topological polar surface area (TPSA) is 76.1 Å². The first-order valence-electron chi connectivity index (χ1n) is 7.82. The van der Waals surface area contributed by atoms with Gasteiger partial charge in [-0.15, -0.1) is 11.3 Å². The molecule has 1 aromatic carbocycles. The Morgan fingerprint density at radius 2 is 1.96 bits per heavy atom. The molecule has 0 saturated carbocycles. The second kappa shape index (κ2) is 8.39. The average molecular weight is 367 g/mol. The Bertz CT molecular complexity index is 768. The number of carbonyl (C=O) groups excluding carboxylic acids is 1. The van der Waals surface area contributed by atoms with Crippen molar-refractivity contribution in [3.05, 3.63) is 46.4 Å². The Hall–Kier alpha value is -1.73. The monoisotopic (exact) mass is 366 g/mol. The van der Waals surface area contributed by atoms with Gasteiger partial charge in [0.05, 0.1) is 23.6 Å². The van der Waals surface area contributed by atoms with Crippen LogP contribution in [0.3, 0.4) is 0 Å². The van der Waals surface area contributed by atoms with Crippen molar-refractivity contribution in [1.82, 2.24) is 4.98 Å². The third-order valence-corrected chi connectivity index (χ3v) is 5.83. The summed E-state index contributed by atoms with van der Waals surface area (Å²) in [6.07, 6.45) is 0.796. The zero-order valence-corrected chi connectivity index (χ0v) is 15.5. The van der Waals surface area contributed by atoms with Crippen molar-refractivity contribution in [3.63, 3.8) is 0 Å². The van der Waals surface area contributed by atoms with Crippen LogP contribution in [0.5, 0.6) is 0 Å². The maximum atomic E-state index is 12.1. The number of nitrogens with one attached hydrogen (secondary N) is 1. The van der Waals surface area contributed by atoms with E-state index in [1.807, 2.05) is 44.2 Å². The van der Waals surface area contributed by atoms with Crippen LogP contribution in [0.4, 0.5) is 5.69 Å². The molecular weight excluding hydrogens is 344 g/mol. The normalized spacial score (nSPS) is 11.6. The standard InChI is InChI=1S/C17H22N2O3S2/c1-13(2)8-9-24(21,22)12-15-11-23-17(19-15)10-16(20)18-14-6-4-3-5-7-14/h3-7,11,13H,8-10,12H2,1-2H3,(H,18,20). The van der Waals surface area contributed by atoms with Crippen LogP contribution >= 0.6 is 11.3 Å².